The lowest BCUT2D eigenvalue weighted by molar-refractivity contribution is -0.203. The zero-order chi connectivity index (χ0) is 28.2. The smallest absolute Gasteiger partial charge is 0.257 e. The maximum Gasteiger partial charge on any atom is 0.257 e. The van der Waals surface area contributed by atoms with Gasteiger partial charge in [0.1, 0.15) is 0 Å². The van der Waals surface area contributed by atoms with Crippen LogP contribution in [0.5, 0.6) is 0 Å². The molecule has 216 valence electrons. The number of carbonyl (C=O) groups is 3. The first-order valence-electron chi connectivity index (χ1n) is 14.4. The molecule has 2 fully saturated rings. The Morgan fingerprint density at radius 1 is 1.03 bits per heavy atom. The Hall–Kier alpha value is -2.75. The highest BCUT2D eigenvalue weighted by atomic mass is 16.8. The minimum Gasteiger partial charge on any atom is -0.350 e. The molecule has 1 saturated heterocycles. The molecule has 3 amide bonds. The molecule has 1 aliphatic carbocycles. The molecule has 4 atom stereocenters. The first kappa shape index (κ1) is 30.8. The zero-order valence-corrected chi connectivity index (χ0v) is 23.6. The van der Waals surface area contributed by atoms with Crippen molar-refractivity contribution in [3.05, 3.63) is 42.0 Å². The Morgan fingerprint density at radius 3 is 2.33 bits per heavy atom. The Morgan fingerprint density at radius 2 is 1.72 bits per heavy atom. The molecule has 0 bridgehead atoms. The number of benzene rings is 1. The number of ether oxygens (including phenoxy) is 1. The summed E-state index contributed by atoms with van der Waals surface area (Å²) in [7, 11) is 0. The van der Waals surface area contributed by atoms with Gasteiger partial charge in [0, 0.05) is 13.0 Å². The van der Waals surface area contributed by atoms with Crippen molar-refractivity contribution in [1.29, 1.82) is 0 Å². The van der Waals surface area contributed by atoms with Crippen LogP contribution in [0.25, 0.3) is 6.08 Å². The molecule has 39 heavy (non-hydrogen) atoms. The lowest BCUT2D eigenvalue weighted by Gasteiger charge is -2.34. The lowest BCUT2D eigenvalue weighted by atomic mass is 9.82. The van der Waals surface area contributed by atoms with Gasteiger partial charge in [0.15, 0.2) is 6.29 Å². The molecule has 1 aromatic carbocycles. The summed E-state index contributed by atoms with van der Waals surface area (Å²) in [4.78, 5) is 46.0. The predicted molar refractivity (Wildman–Crippen MR) is 150 cm³/mol. The average Bonchev–Trinajstić information content (AvgIpc) is 3.47. The van der Waals surface area contributed by atoms with Gasteiger partial charge < -0.3 is 10.5 Å². The lowest BCUT2D eigenvalue weighted by Crippen LogP contribution is -2.57. The summed E-state index contributed by atoms with van der Waals surface area (Å²) in [5.74, 6) is -2.32. The van der Waals surface area contributed by atoms with E-state index < -0.39 is 24.2 Å². The molecule has 0 radical (unpaired) electrons. The van der Waals surface area contributed by atoms with E-state index in [1.807, 2.05) is 56.3 Å². The number of hydrazine groups is 1. The van der Waals surface area contributed by atoms with Crippen molar-refractivity contribution in [2.75, 3.05) is 6.61 Å². The number of rotatable bonds is 12. The summed E-state index contributed by atoms with van der Waals surface area (Å²) < 4.78 is 5.59. The van der Waals surface area contributed by atoms with Gasteiger partial charge in [0.05, 0.1) is 23.9 Å². The fourth-order valence-electron chi connectivity index (χ4n) is 5.24. The van der Waals surface area contributed by atoms with Gasteiger partial charge >= 0.3 is 0 Å². The molecule has 3 rings (SSSR count). The number of allylic oxidation sites excluding steroid dienone is 1. The van der Waals surface area contributed by atoms with Gasteiger partial charge in [-0.15, -0.1) is 0 Å². The Bertz CT molecular complexity index is 940. The molecule has 0 aromatic heterocycles. The second kappa shape index (κ2) is 15.7. The van der Waals surface area contributed by atoms with Crippen LogP contribution in [0.1, 0.15) is 84.1 Å². The van der Waals surface area contributed by atoms with Crippen LogP contribution < -0.4 is 16.6 Å². The van der Waals surface area contributed by atoms with E-state index in [2.05, 4.69) is 10.9 Å². The van der Waals surface area contributed by atoms with Crippen molar-refractivity contribution in [1.82, 2.24) is 15.9 Å². The summed E-state index contributed by atoms with van der Waals surface area (Å²) in [5, 5.41) is 1.43. The minimum absolute atomic E-state index is 0.0933. The van der Waals surface area contributed by atoms with Crippen molar-refractivity contribution < 1.29 is 24.0 Å². The van der Waals surface area contributed by atoms with E-state index in [1.165, 1.54) is 5.01 Å². The van der Waals surface area contributed by atoms with Crippen LogP contribution in [0.15, 0.2) is 36.4 Å². The first-order chi connectivity index (χ1) is 18.8. The van der Waals surface area contributed by atoms with Crippen LogP contribution in [0.4, 0.5) is 0 Å². The molecule has 1 saturated carbocycles. The molecule has 1 heterocycles. The zero-order valence-electron chi connectivity index (χ0n) is 23.6. The van der Waals surface area contributed by atoms with Crippen LogP contribution >= 0.6 is 0 Å². The maximum absolute atomic E-state index is 13.8. The number of carbonyl (C=O) groups excluding carboxylic acids is 3. The van der Waals surface area contributed by atoms with E-state index in [4.69, 9.17) is 15.3 Å². The van der Waals surface area contributed by atoms with Gasteiger partial charge in [0.2, 0.25) is 11.8 Å². The SMILES string of the molecule is CC(C)CC(C(=O)NN(C(=O)[C@@H](C)N)C1CCCC1)[C@@H](CC=Cc1ccccc1)C(=O)NO[C@H]1CCCCO1. The Balaban J connectivity index is 1.82. The second-order valence-corrected chi connectivity index (χ2v) is 11.2. The van der Waals surface area contributed by atoms with Crippen molar-refractivity contribution in [3.8, 4) is 0 Å². The van der Waals surface area contributed by atoms with E-state index in [0.29, 0.717) is 25.9 Å². The van der Waals surface area contributed by atoms with Gasteiger partial charge in [-0.25, -0.2) is 15.3 Å². The fourth-order valence-corrected chi connectivity index (χ4v) is 5.24. The number of nitrogens with zero attached hydrogens (tertiary/aromatic N) is 1. The van der Waals surface area contributed by atoms with Crippen LogP contribution in [-0.2, 0) is 24.0 Å². The molecular formula is C30H46N4O5. The Kier molecular flexibility index (Phi) is 12.4. The predicted octanol–water partition coefficient (Wildman–Crippen LogP) is 4.09. The number of nitrogens with two attached hydrogens (primary N) is 1. The van der Waals surface area contributed by atoms with Crippen molar-refractivity contribution in [3.63, 3.8) is 0 Å². The van der Waals surface area contributed by atoms with Crippen LogP contribution in [0.2, 0.25) is 0 Å². The van der Waals surface area contributed by atoms with E-state index >= 15 is 0 Å². The third-order valence-electron chi connectivity index (χ3n) is 7.36. The first-order valence-corrected chi connectivity index (χ1v) is 14.4. The number of hydrogen-bond acceptors (Lipinski definition) is 6. The van der Waals surface area contributed by atoms with Gasteiger partial charge in [-0.2, -0.15) is 0 Å². The molecule has 9 nitrogen and oxygen atoms in total. The van der Waals surface area contributed by atoms with Gasteiger partial charge in [-0.1, -0.05) is 69.2 Å². The van der Waals surface area contributed by atoms with Gasteiger partial charge in [-0.05, 0) is 56.9 Å². The minimum atomic E-state index is -0.744. The van der Waals surface area contributed by atoms with E-state index in [1.54, 1.807) is 6.92 Å². The van der Waals surface area contributed by atoms with Crippen molar-refractivity contribution in [2.45, 2.75) is 96.9 Å². The molecule has 4 N–H and O–H groups in total. The highest BCUT2D eigenvalue weighted by Crippen LogP contribution is 2.28. The highest BCUT2D eigenvalue weighted by Gasteiger charge is 2.37. The number of hydrogen-bond donors (Lipinski definition) is 3. The molecular weight excluding hydrogens is 496 g/mol. The molecule has 0 spiro atoms. The summed E-state index contributed by atoms with van der Waals surface area (Å²) in [6.07, 6.45) is 10.4. The number of nitrogens with one attached hydrogen (secondary N) is 2. The molecule has 2 aliphatic rings. The van der Waals surface area contributed by atoms with Crippen molar-refractivity contribution >= 4 is 23.8 Å². The van der Waals surface area contributed by atoms with Crippen LogP contribution in [0, 0.1) is 17.8 Å². The summed E-state index contributed by atoms with van der Waals surface area (Å²) in [6.45, 7) is 6.25. The average molecular weight is 543 g/mol. The van der Waals surface area contributed by atoms with Crippen LogP contribution in [0.3, 0.4) is 0 Å². The molecule has 1 unspecified atom stereocenters. The van der Waals surface area contributed by atoms with Gasteiger partial charge in [0.25, 0.3) is 5.91 Å². The van der Waals surface area contributed by atoms with Crippen LogP contribution in [-0.4, -0.2) is 47.7 Å². The summed E-state index contributed by atoms with van der Waals surface area (Å²) >= 11 is 0. The van der Waals surface area contributed by atoms with Gasteiger partial charge in [-0.3, -0.25) is 19.8 Å². The summed E-state index contributed by atoms with van der Waals surface area (Å²) in [6, 6.07) is 8.96. The number of hydroxylamine groups is 1. The normalized spacial score (nSPS) is 20.5. The maximum atomic E-state index is 13.8. The molecule has 1 aromatic rings. The third-order valence-corrected chi connectivity index (χ3v) is 7.36. The summed E-state index contributed by atoms with van der Waals surface area (Å²) in [5.41, 5.74) is 12.4. The van der Waals surface area contributed by atoms with E-state index in [9.17, 15) is 14.4 Å². The molecule has 9 heteroatoms. The van der Waals surface area contributed by atoms with Crippen molar-refractivity contribution in [2.24, 2.45) is 23.5 Å². The Labute approximate surface area is 232 Å². The fraction of sp³-hybridized carbons (Fsp3) is 0.633. The largest absolute Gasteiger partial charge is 0.350 e. The van der Waals surface area contributed by atoms with E-state index in [-0.39, 0.29) is 29.7 Å². The topological polar surface area (TPSA) is 123 Å². The molecule has 1 aliphatic heterocycles. The second-order valence-electron chi connectivity index (χ2n) is 11.2. The quantitative estimate of drug-likeness (QED) is 0.342. The highest BCUT2D eigenvalue weighted by molar-refractivity contribution is 5.90. The standard InChI is InChI=1S/C30H46N4O5/c1-21(2)20-26(28(35)32-34(30(37)22(3)31)24-15-7-8-16-24)25(17-11-14-23-12-5-4-6-13-23)29(36)33-39-27-18-9-10-19-38-27/h4-6,11-14,21-22,24-27H,7-10,15-20,31H2,1-3H3,(H,32,35)(H,33,36)/t22-,25-,26?,27+/m1/s1. The van der Waals surface area contributed by atoms with E-state index in [0.717, 1.165) is 44.1 Å². The number of amides is 3. The monoisotopic (exact) mass is 542 g/mol. The third kappa shape index (κ3) is 9.74.